The molecule has 1 heterocycles. The summed E-state index contributed by atoms with van der Waals surface area (Å²) in [6, 6.07) is 4.70. The van der Waals surface area contributed by atoms with Gasteiger partial charge in [-0.3, -0.25) is 0 Å². The third kappa shape index (κ3) is 1.33. The average Bonchev–Trinajstić information content (AvgIpc) is 2.09. The van der Waals surface area contributed by atoms with E-state index >= 15 is 0 Å². The van der Waals surface area contributed by atoms with Gasteiger partial charge < -0.3 is 9.47 Å². The average molecular weight is 196 g/mol. The molecule has 3 heteroatoms. The highest BCUT2D eigenvalue weighted by Gasteiger charge is 2.36. The molecule has 1 aliphatic rings. The summed E-state index contributed by atoms with van der Waals surface area (Å²) >= 11 is 0. The fourth-order valence-electron chi connectivity index (χ4n) is 1.36. The lowest BCUT2D eigenvalue weighted by Gasteiger charge is -2.38. The Morgan fingerprint density at radius 2 is 2.07 bits per heavy atom. The van der Waals surface area contributed by atoms with Crippen molar-refractivity contribution in [1.29, 1.82) is 0 Å². The molecule has 14 heavy (non-hydrogen) atoms. The van der Waals surface area contributed by atoms with E-state index in [1.54, 1.807) is 12.1 Å². The van der Waals surface area contributed by atoms with Crippen LogP contribution in [0, 0.1) is 5.82 Å². The highest BCUT2D eigenvalue weighted by Crippen LogP contribution is 2.39. The molecular weight excluding hydrogens is 183 g/mol. The number of ether oxygens (including phenoxy) is 2. The monoisotopic (exact) mass is 196 g/mol. The van der Waals surface area contributed by atoms with Crippen LogP contribution in [0.4, 0.5) is 4.39 Å². The molecule has 2 rings (SSSR count). The number of para-hydroxylation sites is 1. The topological polar surface area (TPSA) is 18.5 Å². The van der Waals surface area contributed by atoms with Crippen molar-refractivity contribution in [2.24, 2.45) is 0 Å². The highest BCUT2D eigenvalue weighted by molar-refractivity contribution is 5.43. The fraction of sp³-hybridized carbons (Fsp3) is 0.455. The van der Waals surface area contributed by atoms with Gasteiger partial charge in [0.15, 0.2) is 17.3 Å². The van der Waals surface area contributed by atoms with E-state index in [9.17, 15) is 4.39 Å². The lowest BCUT2D eigenvalue weighted by Crippen LogP contribution is -2.46. The molecular formula is C11H13FO2. The number of rotatable bonds is 0. The molecule has 0 fully saturated rings. The lowest BCUT2D eigenvalue weighted by molar-refractivity contribution is -0.0357. The first-order valence-electron chi connectivity index (χ1n) is 4.65. The normalized spacial score (nSPS) is 23.3. The van der Waals surface area contributed by atoms with E-state index in [2.05, 4.69) is 0 Å². The zero-order valence-electron chi connectivity index (χ0n) is 8.50. The smallest absolute Gasteiger partial charge is 0.197 e. The third-order valence-electron chi connectivity index (χ3n) is 2.58. The van der Waals surface area contributed by atoms with E-state index in [4.69, 9.17) is 9.47 Å². The number of benzene rings is 1. The van der Waals surface area contributed by atoms with Gasteiger partial charge in [0, 0.05) is 0 Å². The first kappa shape index (κ1) is 9.31. The summed E-state index contributed by atoms with van der Waals surface area (Å²) < 4.78 is 24.5. The molecule has 0 radical (unpaired) electrons. The van der Waals surface area contributed by atoms with Gasteiger partial charge in [-0.05, 0) is 32.9 Å². The number of hydrogen-bond acceptors (Lipinski definition) is 2. The number of fused-ring (bicyclic) bond motifs is 1. The van der Waals surface area contributed by atoms with Crippen LogP contribution in [-0.4, -0.2) is 11.7 Å². The number of halogens is 1. The van der Waals surface area contributed by atoms with E-state index < -0.39 is 5.60 Å². The van der Waals surface area contributed by atoms with Crippen molar-refractivity contribution >= 4 is 0 Å². The maximum Gasteiger partial charge on any atom is 0.197 e. The quantitative estimate of drug-likeness (QED) is 0.635. The van der Waals surface area contributed by atoms with Gasteiger partial charge >= 0.3 is 0 Å². The zero-order chi connectivity index (χ0) is 10.3. The molecule has 76 valence electrons. The van der Waals surface area contributed by atoms with Crippen LogP contribution in [0.3, 0.4) is 0 Å². The minimum Gasteiger partial charge on any atom is -0.483 e. The molecule has 0 aliphatic carbocycles. The van der Waals surface area contributed by atoms with Crippen LogP contribution in [0.15, 0.2) is 18.2 Å². The van der Waals surface area contributed by atoms with Crippen molar-refractivity contribution in [3.05, 3.63) is 24.0 Å². The molecule has 0 N–H and O–H groups in total. The molecule has 1 aromatic rings. The SMILES string of the molecule is C[C@H]1Oc2cccc(F)c2OC1(C)C. The first-order chi connectivity index (χ1) is 6.50. The van der Waals surface area contributed by atoms with Gasteiger partial charge in [0.2, 0.25) is 0 Å². The molecule has 0 amide bonds. The maximum atomic E-state index is 13.3. The van der Waals surface area contributed by atoms with E-state index in [0.717, 1.165) is 0 Å². The van der Waals surface area contributed by atoms with Gasteiger partial charge in [-0.1, -0.05) is 6.07 Å². The second-order valence-corrected chi connectivity index (χ2v) is 4.03. The molecule has 0 saturated heterocycles. The van der Waals surface area contributed by atoms with E-state index in [1.165, 1.54) is 6.07 Å². The van der Waals surface area contributed by atoms with Gasteiger partial charge in [0.1, 0.15) is 11.7 Å². The van der Waals surface area contributed by atoms with Crippen LogP contribution in [0.25, 0.3) is 0 Å². The van der Waals surface area contributed by atoms with Gasteiger partial charge in [-0.15, -0.1) is 0 Å². The van der Waals surface area contributed by atoms with Crippen LogP contribution >= 0.6 is 0 Å². The summed E-state index contributed by atoms with van der Waals surface area (Å²) in [5.41, 5.74) is -0.491. The van der Waals surface area contributed by atoms with Crippen molar-refractivity contribution < 1.29 is 13.9 Å². The zero-order valence-corrected chi connectivity index (χ0v) is 8.50. The van der Waals surface area contributed by atoms with Crippen LogP contribution in [0.2, 0.25) is 0 Å². The second kappa shape index (κ2) is 2.87. The minimum atomic E-state index is -0.491. The van der Waals surface area contributed by atoms with E-state index in [1.807, 2.05) is 20.8 Å². The van der Waals surface area contributed by atoms with Crippen LogP contribution in [0.5, 0.6) is 11.5 Å². The van der Waals surface area contributed by atoms with E-state index in [0.29, 0.717) is 5.75 Å². The Kier molecular flexibility index (Phi) is 1.91. The van der Waals surface area contributed by atoms with Crippen molar-refractivity contribution in [3.8, 4) is 11.5 Å². The Morgan fingerprint density at radius 1 is 1.36 bits per heavy atom. The molecule has 1 aromatic carbocycles. The van der Waals surface area contributed by atoms with E-state index in [-0.39, 0.29) is 17.7 Å². The predicted octanol–water partition coefficient (Wildman–Crippen LogP) is 2.76. The van der Waals surface area contributed by atoms with Crippen molar-refractivity contribution in [2.45, 2.75) is 32.5 Å². The number of hydrogen-bond donors (Lipinski definition) is 0. The Balaban J connectivity index is 2.46. The van der Waals surface area contributed by atoms with Crippen LogP contribution < -0.4 is 9.47 Å². The van der Waals surface area contributed by atoms with Gasteiger partial charge in [-0.2, -0.15) is 0 Å². The third-order valence-corrected chi connectivity index (χ3v) is 2.58. The van der Waals surface area contributed by atoms with Crippen molar-refractivity contribution in [2.75, 3.05) is 0 Å². The Labute approximate surface area is 82.6 Å². The Bertz CT molecular complexity index is 360. The molecule has 1 atom stereocenters. The predicted molar refractivity (Wildman–Crippen MR) is 51.2 cm³/mol. The van der Waals surface area contributed by atoms with Crippen molar-refractivity contribution in [1.82, 2.24) is 0 Å². The summed E-state index contributed by atoms with van der Waals surface area (Å²) in [5, 5.41) is 0. The highest BCUT2D eigenvalue weighted by atomic mass is 19.1. The molecule has 0 bridgehead atoms. The maximum absolute atomic E-state index is 13.3. The summed E-state index contributed by atoms with van der Waals surface area (Å²) in [7, 11) is 0. The lowest BCUT2D eigenvalue weighted by atomic mass is 10.0. The summed E-state index contributed by atoms with van der Waals surface area (Å²) in [6.07, 6.45) is -0.0863. The standard InChI is InChI=1S/C11H13FO2/c1-7-11(2,3)14-10-8(12)5-4-6-9(10)13-7/h4-7H,1-3H3/t7-/m1/s1. The largest absolute Gasteiger partial charge is 0.483 e. The van der Waals surface area contributed by atoms with Gasteiger partial charge in [0.05, 0.1) is 0 Å². The summed E-state index contributed by atoms with van der Waals surface area (Å²) in [5.74, 6) is 0.329. The fourth-order valence-corrected chi connectivity index (χ4v) is 1.36. The molecule has 0 spiro atoms. The van der Waals surface area contributed by atoms with Crippen molar-refractivity contribution in [3.63, 3.8) is 0 Å². The molecule has 0 aromatic heterocycles. The van der Waals surface area contributed by atoms with Crippen LogP contribution in [-0.2, 0) is 0 Å². The molecule has 0 unspecified atom stereocenters. The molecule has 0 saturated carbocycles. The Morgan fingerprint density at radius 3 is 2.79 bits per heavy atom. The van der Waals surface area contributed by atoms with Crippen LogP contribution in [0.1, 0.15) is 20.8 Å². The van der Waals surface area contributed by atoms with Gasteiger partial charge in [0.25, 0.3) is 0 Å². The summed E-state index contributed by atoms with van der Waals surface area (Å²) in [6.45, 7) is 5.67. The second-order valence-electron chi connectivity index (χ2n) is 4.03. The minimum absolute atomic E-state index is 0.0863. The van der Waals surface area contributed by atoms with Gasteiger partial charge in [-0.25, -0.2) is 4.39 Å². The Hall–Kier alpha value is -1.25. The first-order valence-corrected chi connectivity index (χ1v) is 4.65. The molecule has 1 aliphatic heterocycles. The molecule has 2 nitrogen and oxygen atoms in total. The summed E-state index contributed by atoms with van der Waals surface area (Å²) in [4.78, 5) is 0.